The molecule has 0 amide bonds. The zero-order chi connectivity index (χ0) is 12.0. The molecule has 0 fully saturated rings. The second-order valence-corrected chi connectivity index (χ2v) is 3.20. The summed E-state index contributed by atoms with van der Waals surface area (Å²) in [5, 5.41) is 0. The summed E-state index contributed by atoms with van der Waals surface area (Å²) < 4.78 is 45.8. The first kappa shape index (κ1) is 12.7. The second kappa shape index (κ2) is 5.63. The Hall–Kier alpha value is -1.39. The van der Waals surface area contributed by atoms with E-state index in [4.69, 9.17) is 4.74 Å². The normalized spacial score (nSPS) is 11.2. The summed E-state index contributed by atoms with van der Waals surface area (Å²) in [5.41, 5.74) is 0. The van der Waals surface area contributed by atoms with Crippen LogP contribution in [0.15, 0.2) is 24.3 Å². The number of para-hydroxylation sites is 2. The van der Waals surface area contributed by atoms with Crippen molar-refractivity contribution in [2.45, 2.75) is 19.5 Å². The van der Waals surface area contributed by atoms with E-state index in [2.05, 4.69) is 4.74 Å². The first-order valence-electron chi connectivity index (χ1n) is 4.94. The standard InChI is InChI=1S/C11H13F3O2/c1-2-7-15-9-5-3-4-6-10(9)16-8-11(12,13)14/h3-6H,2,7-8H2,1H3. The molecule has 0 aliphatic carbocycles. The van der Waals surface area contributed by atoms with Crippen LogP contribution in [0.3, 0.4) is 0 Å². The molecule has 16 heavy (non-hydrogen) atoms. The van der Waals surface area contributed by atoms with Gasteiger partial charge in [-0.25, -0.2) is 0 Å². The molecule has 0 aliphatic rings. The molecule has 0 atom stereocenters. The van der Waals surface area contributed by atoms with Gasteiger partial charge in [0, 0.05) is 0 Å². The lowest BCUT2D eigenvalue weighted by atomic mass is 10.3. The number of ether oxygens (including phenoxy) is 2. The summed E-state index contributed by atoms with van der Waals surface area (Å²) in [6, 6.07) is 6.33. The van der Waals surface area contributed by atoms with Gasteiger partial charge < -0.3 is 9.47 Å². The lowest BCUT2D eigenvalue weighted by Crippen LogP contribution is -2.19. The van der Waals surface area contributed by atoms with E-state index in [1.54, 1.807) is 18.2 Å². The molecular formula is C11H13F3O2. The maximum absolute atomic E-state index is 12.0. The summed E-state index contributed by atoms with van der Waals surface area (Å²) in [6.45, 7) is 1.06. The van der Waals surface area contributed by atoms with Crippen molar-refractivity contribution in [3.8, 4) is 11.5 Å². The largest absolute Gasteiger partial charge is 0.490 e. The fourth-order valence-electron chi connectivity index (χ4n) is 1.06. The van der Waals surface area contributed by atoms with Crippen LogP contribution in [-0.2, 0) is 0 Å². The summed E-state index contributed by atoms with van der Waals surface area (Å²) >= 11 is 0. The predicted molar refractivity (Wildman–Crippen MR) is 53.8 cm³/mol. The zero-order valence-corrected chi connectivity index (χ0v) is 8.88. The van der Waals surface area contributed by atoms with Crippen LogP contribution in [0.2, 0.25) is 0 Å². The van der Waals surface area contributed by atoms with Crippen molar-refractivity contribution in [3.63, 3.8) is 0 Å². The Morgan fingerprint density at radius 2 is 1.62 bits per heavy atom. The molecule has 2 nitrogen and oxygen atoms in total. The van der Waals surface area contributed by atoms with Crippen LogP contribution in [-0.4, -0.2) is 19.4 Å². The van der Waals surface area contributed by atoms with Gasteiger partial charge >= 0.3 is 6.18 Å². The summed E-state index contributed by atoms with van der Waals surface area (Å²) in [6.07, 6.45) is -3.55. The van der Waals surface area contributed by atoms with Crippen LogP contribution in [0.5, 0.6) is 11.5 Å². The Balaban J connectivity index is 2.63. The lowest BCUT2D eigenvalue weighted by molar-refractivity contribution is -0.153. The highest BCUT2D eigenvalue weighted by Crippen LogP contribution is 2.28. The third-order valence-corrected chi connectivity index (χ3v) is 1.70. The van der Waals surface area contributed by atoms with Crippen LogP contribution in [0.4, 0.5) is 13.2 Å². The van der Waals surface area contributed by atoms with Gasteiger partial charge in [-0.15, -0.1) is 0 Å². The van der Waals surface area contributed by atoms with Gasteiger partial charge in [-0.3, -0.25) is 0 Å². The number of hydrogen-bond acceptors (Lipinski definition) is 2. The summed E-state index contributed by atoms with van der Waals surface area (Å²) in [4.78, 5) is 0. The van der Waals surface area contributed by atoms with Crippen molar-refractivity contribution < 1.29 is 22.6 Å². The molecule has 0 spiro atoms. The lowest BCUT2D eigenvalue weighted by Gasteiger charge is -2.13. The minimum Gasteiger partial charge on any atom is -0.490 e. The van der Waals surface area contributed by atoms with Crippen LogP contribution in [0.25, 0.3) is 0 Å². The highest BCUT2D eigenvalue weighted by molar-refractivity contribution is 5.39. The van der Waals surface area contributed by atoms with E-state index in [1.165, 1.54) is 6.07 Å². The zero-order valence-electron chi connectivity index (χ0n) is 8.88. The van der Waals surface area contributed by atoms with Crippen LogP contribution >= 0.6 is 0 Å². The van der Waals surface area contributed by atoms with Gasteiger partial charge in [0.15, 0.2) is 18.1 Å². The number of rotatable bonds is 5. The van der Waals surface area contributed by atoms with Crippen molar-refractivity contribution >= 4 is 0 Å². The maximum Gasteiger partial charge on any atom is 0.422 e. The van der Waals surface area contributed by atoms with Gasteiger partial charge in [0.2, 0.25) is 0 Å². The minimum absolute atomic E-state index is 0.119. The molecule has 0 saturated carbocycles. The maximum atomic E-state index is 12.0. The van der Waals surface area contributed by atoms with Crippen LogP contribution in [0.1, 0.15) is 13.3 Å². The Kier molecular flexibility index (Phi) is 4.46. The highest BCUT2D eigenvalue weighted by Gasteiger charge is 2.28. The molecule has 5 heteroatoms. The average molecular weight is 234 g/mol. The van der Waals surface area contributed by atoms with Crippen LogP contribution < -0.4 is 9.47 Å². The highest BCUT2D eigenvalue weighted by atomic mass is 19.4. The fraction of sp³-hybridized carbons (Fsp3) is 0.455. The van der Waals surface area contributed by atoms with Crippen molar-refractivity contribution in [2.75, 3.05) is 13.2 Å². The van der Waals surface area contributed by atoms with E-state index >= 15 is 0 Å². The van der Waals surface area contributed by atoms with Crippen molar-refractivity contribution in [3.05, 3.63) is 24.3 Å². The third kappa shape index (κ3) is 4.42. The first-order chi connectivity index (χ1) is 7.53. The summed E-state index contributed by atoms with van der Waals surface area (Å²) in [5.74, 6) is 0.460. The van der Waals surface area contributed by atoms with Crippen LogP contribution in [0, 0.1) is 0 Å². The predicted octanol–water partition coefficient (Wildman–Crippen LogP) is 3.42. The monoisotopic (exact) mass is 234 g/mol. The van der Waals surface area contributed by atoms with Crippen molar-refractivity contribution in [1.29, 1.82) is 0 Å². The van der Waals surface area contributed by atoms with Crippen molar-refractivity contribution in [1.82, 2.24) is 0 Å². The fourth-order valence-corrected chi connectivity index (χ4v) is 1.06. The number of benzene rings is 1. The van der Waals surface area contributed by atoms with E-state index in [-0.39, 0.29) is 5.75 Å². The Morgan fingerprint density at radius 3 is 2.12 bits per heavy atom. The molecule has 0 saturated heterocycles. The SMILES string of the molecule is CCCOc1ccccc1OCC(F)(F)F. The molecule has 0 radical (unpaired) electrons. The molecule has 1 aromatic carbocycles. The average Bonchev–Trinajstić information content (AvgIpc) is 2.23. The molecule has 0 bridgehead atoms. The van der Waals surface area contributed by atoms with E-state index in [0.717, 1.165) is 6.42 Å². The van der Waals surface area contributed by atoms with Gasteiger partial charge in [-0.1, -0.05) is 19.1 Å². The van der Waals surface area contributed by atoms with E-state index in [0.29, 0.717) is 12.4 Å². The quantitative estimate of drug-likeness (QED) is 0.777. The van der Waals surface area contributed by atoms with Crippen molar-refractivity contribution in [2.24, 2.45) is 0 Å². The van der Waals surface area contributed by atoms with E-state index in [9.17, 15) is 13.2 Å². The molecule has 0 aliphatic heterocycles. The van der Waals surface area contributed by atoms with Gasteiger partial charge in [-0.2, -0.15) is 13.2 Å². The van der Waals surface area contributed by atoms with Gasteiger partial charge in [0.05, 0.1) is 6.61 Å². The second-order valence-electron chi connectivity index (χ2n) is 3.20. The van der Waals surface area contributed by atoms with Gasteiger partial charge in [-0.05, 0) is 18.6 Å². The molecule has 1 rings (SSSR count). The van der Waals surface area contributed by atoms with Gasteiger partial charge in [0.25, 0.3) is 0 Å². The molecule has 0 N–H and O–H groups in total. The number of alkyl halides is 3. The molecule has 0 unspecified atom stereocenters. The Morgan fingerprint density at radius 1 is 1.06 bits per heavy atom. The topological polar surface area (TPSA) is 18.5 Å². The Labute approximate surface area is 92.0 Å². The van der Waals surface area contributed by atoms with E-state index in [1.807, 2.05) is 6.92 Å². The molecular weight excluding hydrogens is 221 g/mol. The molecule has 0 heterocycles. The Bertz CT molecular complexity index is 323. The van der Waals surface area contributed by atoms with E-state index < -0.39 is 12.8 Å². The molecule has 90 valence electrons. The summed E-state index contributed by atoms with van der Waals surface area (Å²) in [7, 11) is 0. The smallest absolute Gasteiger partial charge is 0.422 e. The number of hydrogen-bond donors (Lipinski definition) is 0. The number of halogens is 3. The molecule has 1 aromatic rings. The minimum atomic E-state index is -4.34. The van der Waals surface area contributed by atoms with Gasteiger partial charge in [0.1, 0.15) is 0 Å². The molecule has 0 aromatic heterocycles. The first-order valence-corrected chi connectivity index (χ1v) is 4.94. The third-order valence-electron chi connectivity index (χ3n) is 1.70.